The highest BCUT2D eigenvalue weighted by atomic mass is 16.5. The number of fused-ring (bicyclic) bond motifs is 1. The maximum atomic E-state index is 11.6. The zero-order chi connectivity index (χ0) is 22.9. The quantitative estimate of drug-likeness (QED) is 0.403. The number of aromatic amines is 1. The van der Waals surface area contributed by atoms with Gasteiger partial charge in [-0.05, 0) is 74.6 Å². The van der Waals surface area contributed by atoms with Crippen LogP contribution in [0.3, 0.4) is 0 Å². The van der Waals surface area contributed by atoms with Gasteiger partial charge in [0.1, 0.15) is 0 Å². The van der Waals surface area contributed by atoms with Crippen LogP contribution in [0.4, 0.5) is 5.69 Å². The van der Waals surface area contributed by atoms with E-state index < -0.39 is 0 Å². The summed E-state index contributed by atoms with van der Waals surface area (Å²) in [6, 6.07) is 16.1. The molecule has 3 heterocycles. The summed E-state index contributed by atoms with van der Waals surface area (Å²) in [4.78, 5) is 16.6. The van der Waals surface area contributed by atoms with E-state index in [0.717, 1.165) is 53.9 Å². The number of rotatable bonds is 5. The monoisotopic (exact) mass is 443 g/mol. The number of nitrogens with zero attached hydrogens (tertiary/aromatic N) is 1. The van der Waals surface area contributed by atoms with Crippen molar-refractivity contribution in [1.82, 2.24) is 10.1 Å². The summed E-state index contributed by atoms with van der Waals surface area (Å²) in [7, 11) is 0. The molecule has 2 aromatic carbocycles. The van der Waals surface area contributed by atoms with Gasteiger partial charge in [-0.15, -0.1) is 0 Å². The van der Waals surface area contributed by atoms with Crippen LogP contribution in [0.2, 0.25) is 0 Å². The maximum Gasteiger partial charge on any atom is 0.280 e. The molecule has 4 aromatic rings. The van der Waals surface area contributed by atoms with Gasteiger partial charge in [-0.1, -0.05) is 18.2 Å². The topological polar surface area (TPSA) is 80.2 Å². The normalized spacial score (nSPS) is 17.2. The van der Waals surface area contributed by atoms with Gasteiger partial charge in [0.2, 0.25) is 0 Å². The van der Waals surface area contributed by atoms with Crippen molar-refractivity contribution >= 4 is 16.6 Å². The number of H-pyrrole nitrogens is 1. The van der Waals surface area contributed by atoms with E-state index in [0.29, 0.717) is 11.7 Å². The summed E-state index contributed by atoms with van der Waals surface area (Å²) in [5, 5.41) is 7.18. The van der Waals surface area contributed by atoms with Crippen LogP contribution in [-0.4, -0.2) is 23.4 Å². The van der Waals surface area contributed by atoms with Crippen LogP contribution < -0.4 is 10.9 Å². The van der Waals surface area contributed by atoms with E-state index in [1.54, 1.807) is 0 Å². The third kappa shape index (κ3) is 4.31. The minimum absolute atomic E-state index is 0.0131. The molecule has 33 heavy (non-hydrogen) atoms. The largest absolute Gasteiger partial charge is 0.381 e. The zero-order valence-corrected chi connectivity index (χ0v) is 19.3. The van der Waals surface area contributed by atoms with Crippen LogP contribution in [-0.2, 0) is 4.74 Å². The molecule has 0 bridgehead atoms. The molecule has 6 nitrogen and oxygen atoms in total. The highest BCUT2D eigenvalue weighted by Gasteiger charge is 2.21. The molecule has 0 spiro atoms. The lowest BCUT2D eigenvalue weighted by Crippen LogP contribution is -2.17. The first-order valence-corrected chi connectivity index (χ1v) is 11.5. The Morgan fingerprint density at radius 2 is 2.00 bits per heavy atom. The van der Waals surface area contributed by atoms with Crippen molar-refractivity contribution in [3.05, 3.63) is 81.3 Å². The molecular formula is C27H29N3O3. The lowest BCUT2D eigenvalue weighted by molar-refractivity contribution is 0.0802. The van der Waals surface area contributed by atoms with Gasteiger partial charge < -0.3 is 14.6 Å². The number of nitrogens with one attached hydrogen (secondary N) is 2. The second-order valence-electron chi connectivity index (χ2n) is 8.99. The number of aryl methyl sites for hydroxylation is 2. The van der Waals surface area contributed by atoms with Crippen LogP contribution in [0.15, 0.2) is 57.8 Å². The fourth-order valence-corrected chi connectivity index (χ4v) is 4.87. The minimum Gasteiger partial charge on any atom is -0.381 e. The van der Waals surface area contributed by atoms with Crippen molar-refractivity contribution in [3.63, 3.8) is 0 Å². The Kier molecular flexibility index (Phi) is 5.77. The number of hydrogen-bond acceptors (Lipinski definition) is 5. The van der Waals surface area contributed by atoms with E-state index in [4.69, 9.17) is 14.2 Å². The number of hydrogen-bond donors (Lipinski definition) is 2. The van der Waals surface area contributed by atoms with Crippen molar-refractivity contribution in [2.45, 2.75) is 45.6 Å². The third-order valence-electron chi connectivity index (χ3n) is 6.50. The Balaban J connectivity index is 1.55. The van der Waals surface area contributed by atoms with Crippen LogP contribution in [0.25, 0.3) is 22.2 Å². The fraction of sp³-hybridized carbons (Fsp3) is 0.333. The summed E-state index contributed by atoms with van der Waals surface area (Å²) in [5.74, 6) is 0.909. The molecule has 5 rings (SSSR count). The van der Waals surface area contributed by atoms with Gasteiger partial charge in [-0.25, -0.2) is 0 Å². The molecule has 0 radical (unpaired) electrons. The first-order chi connectivity index (χ1) is 16.0. The van der Waals surface area contributed by atoms with Gasteiger partial charge >= 0.3 is 0 Å². The number of para-hydroxylation sites is 1. The number of ether oxygens (including phenoxy) is 1. The molecule has 6 heteroatoms. The molecule has 170 valence electrons. The Morgan fingerprint density at radius 1 is 1.15 bits per heavy atom. The Morgan fingerprint density at radius 3 is 2.76 bits per heavy atom. The van der Waals surface area contributed by atoms with Crippen molar-refractivity contribution in [1.29, 1.82) is 0 Å². The van der Waals surface area contributed by atoms with Crippen LogP contribution in [0, 0.1) is 13.8 Å². The zero-order valence-electron chi connectivity index (χ0n) is 19.3. The Labute approximate surface area is 193 Å². The first-order valence-electron chi connectivity index (χ1n) is 11.5. The van der Waals surface area contributed by atoms with Crippen molar-refractivity contribution in [3.8, 4) is 11.3 Å². The highest BCUT2D eigenvalue weighted by molar-refractivity contribution is 5.85. The molecule has 0 aliphatic carbocycles. The van der Waals surface area contributed by atoms with E-state index in [-0.39, 0.29) is 11.6 Å². The van der Waals surface area contributed by atoms with Crippen LogP contribution in [0.1, 0.15) is 54.1 Å². The molecule has 1 fully saturated rings. The first kappa shape index (κ1) is 21.5. The fourth-order valence-electron chi connectivity index (χ4n) is 4.87. The van der Waals surface area contributed by atoms with Crippen LogP contribution >= 0.6 is 0 Å². The standard InChI is InChI=1S/C27H29N3O3/c1-16-11-22(18(3)28-24-9-5-4-8-20(24)26-14-27(31)30-33-26)23-13-21(17(2)29-25(23)12-16)19-7-6-10-32-15-19/h4-5,8-9,11-14,18-19,28H,6-7,10,15H2,1-3H3,(H,30,31)/t18-,19-/m1/s1. The number of aromatic nitrogens is 2. The molecule has 2 N–H and O–H groups in total. The smallest absolute Gasteiger partial charge is 0.280 e. The number of anilines is 1. The summed E-state index contributed by atoms with van der Waals surface area (Å²) in [5.41, 5.74) is 7.26. The molecule has 0 amide bonds. The molecule has 2 aromatic heterocycles. The number of pyridine rings is 1. The van der Waals surface area contributed by atoms with E-state index in [1.807, 2.05) is 24.3 Å². The van der Waals surface area contributed by atoms with Crippen molar-refractivity contribution < 1.29 is 9.26 Å². The Bertz CT molecular complexity index is 1350. The molecule has 1 aliphatic heterocycles. The lowest BCUT2D eigenvalue weighted by atomic mass is 9.89. The van der Waals surface area contributed by atoms with Gasteiger partial charge in [-0.3, -0.25) is 9.78 Å². The van der Waals surface area contributed by atoms with Gasteiger partial charge in [0.25, 0.3) is 5.56 Å². The lowest BCUT2D eigenvalue weighted by Gasteiger charge is -2.25. The third-order valence-corrected chi connectivity index (χ3v) is 6.50. The summed E-state index contributed by atoms with van der Waals surface area (Å²) in [6.45, 7) is 7.98. The second-order valence-corrected chi connectivity index (χ2v) is 8.99. The molecule has 0 unspecified atom stereocenters. The molecule has 2 atom stereocenters. The Hall–Kier alpha value is -3.38. The molecule has 1 saturated heterocycles. The van der Waals surface area contributed by atoms with E-state index in [1.165, 1.54) is 22.8 Å². The number of benzene rings is 2. The molecule has 1 aliphatic rings. The van der Waals surface area contributed by atoms with E-state index >= 15 is 0 Å². The molecule has 0 saturated carbocycles. The van der Waals surface area contributed by atoms with Gasteiger partial charge in [0, 0.05) is 40.9 Å². The summed E-state index contributed by atoms with van der Waals surface area (Å²) < 4.78 is 11.1. The molecular weight excluding hydrogens is 414 g/mol. The SMILES string of the molecule is Cc1cc([C@@H](C)Nc2ccccc2-c2cc(=O)[nH]o2)c2cc([C@@H]3CCCOC3)c(C)nc2c1. The van der Waals surface area contributed by atoms with E-state index in [9.17, 15) is 4.79 Å². The van der Waals surface area contributed by atoms with E-state index in [2.05, 4.69) is 49.4 Å². The van der Waals surface area contributed by atoms with Crippen molar-refractivity contribution in [2.75, 3.05) is 18.5 Å². The predicted octanol–water partition coefficient (Wildman–Crippen LogP) is 5.87. The minimum atomic E-state index is -0.252. The predicted molar refractivity (Wildman–Crippen MR) is 131 cm³/mol. The average molecular weight is 444 g/mol. The van der Waals surface area contributed by atoms with Gasteiger partial charge in [0.15, 0.2) is 5.76 Å². The van der Waals surface area contributed by atoms with Gasteiger partial charge in [-0.2, -0.15) is 5.16 Å². The van der Waals surface area contributed by atoms with Crippen LogP contribution in [0.5, 0.6) is 0 Å². The average Bonchev–Trinajstić information content (AvgIpc) is 3.25. The second kappa shape index (κ2) is 8.87. The summed E-state index contributed by atoms with van der Waals surface area (Å²) in [6.07, 6.45) is 2.23. The van der Waals surface area contributed by atoms with Gasteiger partial charge in [0.05, 0.1) is 18.2 Å². The maximum absolute atomic E-state index is 11.6. The highest BCUT2D eigenvalue weighted by Crippen LogP contribution is 2.35. The summed E-state index contributed by atoms with van der Waals surface area (Å²) >= 11 is 0. The van der Waals surface area contributed by atoms with Crippen molar-refractivity contribution in [2.24, 2.45) is 0 Å².